The van der Waals surface area contributed by atoms with Crippen LogP contribution in [0.25, 0.3) is 5.69 Å². The fourth-order valence-corrected chi connectivity index (χ4v) is 2.88. The van der Waals surface area contributed by atoms with Gasteiger partial charge in [-0.15, -0.1) is 0 Å². The fraction of sp³-hybridized carbons (Fsp3) is 0.250. The maximum Gasteiger partial charge on any atom is 0.280 e. The minimum absolute atomic E-state index is 0.200. The molecule has 0 spiro atoms. The Balaban J connectivity index is 2.11. The topological polar surface area (TPSA) is 63.0 Å². The minimum atomic E-state index is -0.342. The van der Waals surface area contributed by atoms with E-state index in [4.69, 9.17) is 0 Å². The summed E-state index contributed by atoms with van der Waals surface area (Å²) >= 11 is 0. The Morgan fingerprint density at radius 1 is 1.23 bits per heavy atom. The highest BCUT2D eigenvalue weighted by atomic mass is 19.1. The molecule has 1 N–H and O–H groups in total. The van der Waals surface area contributed by atoms with Crippen molar-refractivity contribution >= 4 is 11.5 Å². The molecule has 2 heterocycles. The predicted octanol–water partition coefficient (Wildman–Crippen LogP) is 4.10. The molecule has 0 aliphatic heterocycles. The summed E-state index contributed by atoms with van der Waals surface area (Å²) in [6, 6.07) is 11.4. The van der Waals surface area contributed by atoms with E-state index >= 15 is 0 Å². The van der Waals surface area contributed by atoms with E-state index in [1.807, 2.05) is 32.9 Å². The molecule has 26 heavy (non-hydrogen) atoms. The van der Waals surface area contributed by atoms with Gasteiger partial charge in [-0.05, 0) is 56.7 Å². The molecule has 1 aromatic carbocycles. The van der Waals surface area contributed by atoms with Crippen LogP contribution in [0.15, 0.2) is 52.3 Å². The largest absolute Gasteiger partial charge is 0.294 e. The van der Waals surface area contributed by atoms with E-state index in [1.165, 1.54) is 16.8 Å². The Hall–Kier alpha value is -3.02. The van der Waals surface area contributed by atoms with Gasteiger partial charge in [0.2, 0.25) is 0 Å². The molecule has 0 aliphatic rings. The number of hydrogen-bond donors (Lipinski definition) is 1. The van der Waals surface area contributed by atoms with Crippen molar-refractivity contribution in [3.05, 3.63) is 75.6 Å². The maximum absolute atomic E-state index is 13.2. The molecule has 0 saturated heterocycles. The average Bonchev–Trinajstić information content (AvgIpc) is 2.92. The molecule has 5 nitrogen and oxygen atoms in total. The van der Waals surface area contributed by atoms with Crippen molar-refractivity contribution in [1.29, 1.82) is 0 Å². The number of benzene rings is 1. The zero-order valence-corrected chi connectivity index (χ0v) is 15.1. The van der Waals surface area contributed by atoms with Crippen molar-refractivity contribution in [2.45, 2.75) is 33.6 Å². The number of nitrogens with one attached hydrogen (secondary N) is 1. The lowest BCUT2D eigenvalue weighted by Crippen LogP contribution is -2.19. The Morgan fingerprint density at radius 3 is 2.62 bits per heavy atom. The third-order valence-electron chi connectivity index (χ3n) is 4.07. The Kier molecular flexibility index (Phi) is 5.11. The number of H-pyrrole nitrogens is 1. The number of pyridine rings is 1. The van der Waals surface area contributed by atoms with Crippen LogP contribution in [0.4, 0.5) is 10.2 Å². The molecule has 0 aliphatic carbocycles. The Labute approximate surface area is 151 Å². The second kappa shape index (κ2) is 7.47. The molecule has 0 atom stereocenters. The van der Waals surface area contributed by atoms with Crippen molar-refractivity contribution in [2.24, 2.45) is 4.99 Å². The zero-order chi connectivity index (χ0) is 18.7. The summed E-state index contributed by atoms with van der Waals surface area (Å²) in [5, 5.41) is 3.15. The molecule has 6 heteroatoms. The van der Waals surface area contributed by atoms with Gasteiger partial charge in [-0.2, -0.15) is 0 Å². The van der Waals surface area contributed by atoms with E-state index in [0.717, 1.165) is 17.8 Å². The second-order valence-corrected chi connectivity index (χ2v) is 6.17. The normalized spacial score (nSPS) is 11.8. The third-order valence-corrected chi connectivity index (χ3v) is 4.07. The van der Waals surface area contributed by atoms with Crippen molar-refractivity contribution in [2.75, 3.05) is 0 Å². The molecule has 0 saturated carbocycles. The molecule has 0 unspecified atom stereocenters. The molecular weight excluding hydrogens is 331 g/mol. The van der Waals surface area contributed by atoms with Gasteiger partial charge in [0.25, 0.3) is 5.56 Å². The summed E-state index contributed by atoms with van der Waals surface area (Å²) in [7, 11) is 0. The summed E-state index contributed by atoms with van der Waals surface area (Å²) in [6.45, 7) is 5.75. The SMILES string of the molecule is CCCc1[nH]n(-c2ccc(F)cc2)c(=O)c1/C(C)=N/c1cccc(C)n1. The molecule has 3 rings (SSSR count). The van der Waals surface area contributed by atoms with Crippen LogP contribution < -0.4 is 5.56 Å². The monoisotopic (exact) mass is 352 g/mol. The van der Waals surface area contributed by atoms with Crippen LogP contribution in [-0.2, 0) is 6.42 Å². The number of aliphatic imine (C=N–C) groups is 1. The Morgan fingerprint density at radius 2 is 1.96 bits per heavy atom. The van der Waals surface area contributed by atoms with Crippen LogP contribution in [0.2, 0.25) is 0 Å². The standard InChI is InChI=1S/C20H21FN4O/c1-4-6-17-19(14(3)23-18-8-5-7-13(2)22-18)20(26)25(24-17)16-11-9-15(21)10-12-16/h5,7-12,24H,4,6H2,1-3H3/b23-14+. The van der Waals surface area contributed by atoms with E-state index in [9.17, 15) is 9.18 Å². The second-order valence-electron chi connectivity index (χ2n) is 6.17. The number of nitrogens with zero attached hydrogens (tertiary/aromatic N) is 3. The molecule has 0 radical (unpaired) electrons. The lowest BCUT2D eigenvalue weighted by molar-refractivity contribution is 0.626. The molecule has 2 aromatic heterocycles. The Bertz CT molecular complexity index is 999. The molecule has 0 amide bonds. The molecule has 134 valence electrons. The summed E-state index contributed by atoms with van der Waals surface area (Å²) in [5.74, 6) is 0.226. The number of hydrogen-bond acceptors (Lipinski definition) is 3. The van der Waals surface area contributed by atoms with Gasteiger partial charge in [0.05, 0.1) is 17.0 Å². The van der Waals surface area contributed by atoms with Gasteiger partial charge in [-0.25, -0.2) is 19.0 Å². The first-order valence-corrected chi connectivity index (χ1v) is 8.58. The van der Waals surface area contributed by atoms with E-state index in [2.05, 4.69) is 15.1 Å². The maximum atomic E-state index is 13.2. The van der Waals surface area contributed by atoms with Crippen molar-refractivity contribution < 1.29 is 4.39 Å². The first-order chi connectivity index (χ1) is 12.5. The van der Waals surface area contributed by atoms with Gasteiger partial charge in [0.15, 0.2) is 5.82 Å². The van der Waals surface area contributed by atoms with Gasteiger partial charge in [0.1, 0.15) is 5.82 Å². The van der Waals surface area contributed by atoms with Gasteiger partial charge >= 0.3 is 0 Å². The lowest BCUT2D eigenvalue weighted by atomic mass is 10.1. The van der Waals surface area contributed by atoms with Crippen molar-refractivity contribution in [1.82, 2.24) is 14.8 Å². The molecular formula is C20H21FN4O. The summed E-state index contributed by atoms with van der Waals surface area (Å²) in [5.41, 5.74) is 3.21. The zero-order valence-electron chi connectivity index (χ0n) is 15.1. The highest BCUT2D eigenvalue weighted by molar-refractivity contribution is 6.00. The van der Waals surface area contributed by atoms with Gasteiger partial charge in [-0.1, -0.05) is 19.4 Å². The third kappa shape index (κ3) is 3.64. The van der Waals surface area contributed by atoms with Crippen LogP contribution in [0.5, 0.6) is 0 Å². The number of aromatic nitrogens is 3. The average molecular weight is 352 g/mol. The number of halogens is 1. The highest BCUT2D eigenvalue weighted by Gasteiger charge is 2.17. The highest BCUT2D eigenvalue weighted by Crippen LogP contribution is 2.15. The number of rotatable bonds is 5. The predicted molar refractivity (Wildman–Crippen MR) is 101 cm³/mol. The van der Waals surface area contributed by atoms with Gasteiger partial charge < -0.3 is 0 Å². The van der Waals surface area contributed by atoms with Crippen LogP contribution in [0, 0.1) is 12.7 Å². The van der Waals surface area contributed by atoms with E-state index in [-0.39, 0.29) is 11.4 Å². The summed E-state index contributed by atoms with van der Waals surface area (Å²) in [4.78, 5) is 21.9. The fourth-order valence-electron chi connectivity index (χ4n) is 2.88. The molecule has 0 fully saturated rings. The summed E-state index contributed by atoms with van der Waals surface area (Å²) < 4.78 is 14.6. The van der Waals surface area contributed by atoms with Crippen LogP contribution in [-0.4, -0.2) is 20.5 Å². The van der Waals surface area contributed by atoms with Crippen molar-refractivity contribution in [3.63, 3.8) is 0 Å². The minimum Gasteiger partial charge on any atom is -0.294 e. The smallest absolute Gasteiger partial charge is 0.280 e. The molecule has 0 bridgehead atoms. The number of aryl methyl sites for hydroxylation is 2. The van der Waals surface area contributed by atoms with Crippen molar-refractivity contribution in [3.8, 4) is 5.69 Å². The van der Waals surface area contributed by atoms with Crippen LogP contribution >= 0.6 is 0 Å². The van der Waals surface area contributed by atoms with Crippen LogP contribution in [0.3, 0.4) is 0 Å². The van der Waals surface area contributed by atoms with E-state index in [0.29, 0.717) is 29.2 Å². The van der Waals surface area contributed by atoms with E-state index < -0.39 is 0 Å². The van der Waals surface area contributed by atoms with Crippen LogP contribution in [0.1, 0.15) is 37.2 Å². The van der Waals surface area contributed by atoms with Gasteiger partial charge in [-0.3, -0.25) is 9.89 Å². The quantitative estimate of drug-likeness (QED) is 0.703. The van der Waals surface area contributed by atoms with E-state index in [1.54, 1.807) is 18.2 Å². The number of aromatic amines is 1. The molecule has 3 aromatic rings. The first-order valence-electron chi connectivity index (χ1n) is 8.58. The lowest BCUT2D eigenvalue weighted by Gasteiger charge is -2.01. The first kappa shape index (κ1) is 17.8. The van der Waals surface area contributed by atoms with Gasteiger partial charge in [0, 0.05) is 11.4 Å². The summed E-state index contributed by atoms with van der Waals surface area (Å²) in [6.07, 6.45) is 1.60.